The van der Waals surface area contributed by atoms with Crippen LogP contribution in [0.25, 0.3) is 0 Å². The molecule has 1 saturated heterocycles. The molecule has 1 fully saturated rings. The number of piperidine rings is 1. The van der Waals surface area contributed by atoms with Gasteiger partial charge in [0.2, 0.25) is 0 Å². The van der Waals surface area contributed by atoms with E-state index in [0.29, 0.717) is 16.6 Å². The summed E-state index contributed by atoms with van der Waals surface area (Å²) in [6.45, 7) is 3.76. The van der Waals surface area contributed by atoms with Crippen molar-refractivity contribution in [3.63, 3.8) is 0 Å². The van der Waals surface area contributed by atoms with Gasteiger partial charge in [-0.25, -0.2) is 4.39 Å². The van der Waals surface area contributed by atoms with Crippen LogP contribution in [0, 0.1) is 12.7 Å². The Morgan fingerprint density at radius 3 is 2.65 bits per heavy atom. The summed E-state index contributed by atoms with van der Waals surface area (Å²) in [6, 6.07) is 3.68. The maximum absolute atomic E-state index is 13.6. The van der Waals surface area contributed by atoms with Gasteiger partial charge in [0.1, 0.15) is 5.82 Å². The van der Waals surface area contributed by atoms with Gasteiger partial charge in [0.05, 0.1) is 10.7 Å². The van der Waals surface area contributed by atoms with E-state index in [1.165, 1.54) is 0 Å². The second-order valence-corrected chi connectivity index (χ2v) is 5.05. The van der Waals surface area contributed by atoms with Gasteiger partial charge in [0.25, 0.3) is 0 Å². The van der Waals surface area contributed by atoms with Gasteiger partial charge < -0.3 is 10.2 Å². The molecule has 94 valence electrons. The number of halogens is 2. The fourth-order valence-electron chi connectivity index (χ4n) is 2.30. The molecule has 0 atom stereocenters. The van der Waals surface area contributed by atoms with Gasteiger partial charge in [0.15, 0.2) is 0 Å². The largest absolute Gasteiger partial charge is 0.370 e. The van der Waals surface area contributed by atoms with Gasteiger partial charge in [-0.1, -0.05) is 11.6 Å². The average molecular weight is 257 g/mol. The first-order valence-corrected chi connectivity index (χ1v) is 6.36. The van der Waals surface area contributed by atoms with E-state index in [4.69, 9.17) is 11.6 Å². The Bertz CT molecular complexity index is 403. The number of aryl methyl sites for hydroxylation is 1. The van der Waals surface area contributed by atoms with Crippen molar-refractivity contribution in [2.24, 2.45) is 0 Å². The van der Waals surface area contributed by atoms with Crippen LogP contribution in [0.5, 0.6) is 0 Å². The summed E-state index contributed by atoms with van der Waals surface area (Å²) in [5, 5.41) is 3.95. The highest BCUT2D eigenvalue weighted by Crippen LogP contribution is 2.30. The molecule has 0 aromatic heterocycles. The number of anilines is 1. The molecule has 1 aliphatic heterocycles. The highest BCUT2D eigenvalue weighted by atomic mass is 35.5. The summed E-state index contributed by atoms with van der Waals surface area (Å²) >= 11 is 6.19. The van der Waals surface area contributed by atoms with Crippen LogP contribution in [0.2, 0.25) is 5.02 Å². The summed E-state index contributed by atoms with van der Waals surface area (Å²) in [7, 11) is 1.99. The zero-order valence-electron chi connectivity index (χ0n) is 10.3. The van der Waals surface area contributed by atoms with Crippen LogP contribution < -0.4 is 10.2 Å². The molecular formula is C13H18ClFN2. The predicted octanol–water partition coefficient (Wildman–Crippen LogP) is 2.98. The van der Waals surface area contributed by atoms with Gasteiger partial charge in [-0.3, -0.25) is 0 Å². The Balaban J connectivity index is 2.23. The Labute approximate surface area is 107 Å². The van der Waals surface area contributed by atoms with Crippen LogP contribution in [-0.2, 0) is 0 Å². The lowest BCUT2D eigenvalue weighted by atomic mass is 10.0. The van der Waals surface area contributed by atoms with Gasteiger partial charge in [-0.05, 0) is 50.6 Å². The van der Waals surface area contributed by atoms with Crippen molar-refractivity contribution in [3.05, 3.63) is 28.5 Å². The second kappa shape index (κ2) is 5.23. The molecule has 0 amide bonds. The van der Waals surface area contributed by atoms with E-state index in [9.17, 15) is 4.39 Å². The third kappa shape index (κ3) is 2.72. The molecular weight excluding hydrogens is 239 g/mol. The van der Waals surface area contributed by atoms with Crippen molar-refractivity contribution in [1.29, 1.82) is 0 Å². The molecule has 0 spiro atoms. The van der Waals surface area contributed by atoms with Crippen molar-refractivity contribution in [2.75, 3.05) is 25.0 Å². The smallest absolute Gasteiger partial charge is 0.128 e. The van der Waals surface area contributed by atoms with Gasteiger partial charge >= 0.3 is 0 Å². The molecule has 0 unspecified atom stereocenters. The minimum atomic E-state index is -0.190. The lowest BCUT2D eigenvalue weighted by Crippen LogP contribution is -2.41. The number of rotatable bonds is 2. The average Bonchev–Trinajstić information content (AvgIpc) is 2.34. The van der Waals surface area contributed by atoms with Crippen molar-refractivity contribution < 1.29 is 4.39 Å². The number of hydrogen-bond acceptors (Lipinski definition) is 2. The first kappa shape index (κ1) is 12.7. The molecule has 0 saturated carbocycles. The molecule has 1 heterocycles. The molecule has 0 aliphatic carbocycles. The van der Waals surface area contributed by atoms with E-state index in [-0.39, 0.29) is 5.82 Å². The maximum Gasteiger partial charge on any atom is 0.128 e. The number of benzene rings is 1. The van der Waals surface area contributed by atoms with Crippen molar-refractivity contribution >= 4 is 17.3 Å². The van der Waals surface area contributed by atoms with E-state index in [0.717, 1.165) is 31.6 Å². The monoisotopic (exact) mass is 256 g/mol. The second-order valence-electron chi connectivity index (χ2n) is 4.64. The van der Waals surface area contributed by atoms with Crippen molar-refractivity contribution in [3.8, 4) is 0 Å². The fraction of sp³-hybridized carbons (Fsp3) is 0.538. The zero-order valence-corrected chi connectivity index (χ0v) is 11.0. The molecule has 0 bridgehead atoms. The minimum absolute atomic E-state index is 0.190. The van der Waals surface area contributed by atoms with E-state index in [1.54, 1.807) is 19.1 Å². The molecule has 2 rings (SSSR count). The summed E-state index contributed by atoms with van der Waals surface area (Å²) in [4.78, 5) is 2.10. The summed E-state index contributed by atoms with van der Waals surface area (Å²) in [6.07, 6.45) is 2.14. The van der Waals surface area contributed by atoms with Gasteiger partial charge in [-0.2, -0.15) is 0 Å². The fourth-order valence-corrected chi connectivity index (χ4v) is 2.65. The first-order valence-electron chi connectivity index (χ1n) is 5.99. The molecule has 1 aliphatic rings. The zero-order chi connectivity index (χ0) is 12.4. The number of hydrogen-bond donors (Lipinski definition) is 1. The SMILES string of the molecule is Cc1cc(Cl)c(N(C)C2CCNCC2)cc1F. The van der Waals surface area contributed by atoms with E-state index in [1.807, 2.05) is 7.05 Å². The van der Waals surface area contributed by atoms with Crippen LogP contribution in [0.3, 0.4) is 0 Å². The molecule has 1 aromatic rings. The van der Waals surface area contributed by atoms with Crippen LogP contribution in [-0.4, -0.2) is 26.2 Å². The summed E-state index contributed by atoms with van der Waals surface area (Å²) in [5.41, 5.74) is 1.39. The molecule has 17 heavy (non-hydrogen) atoms. The van der Waals surface area contributed by atoms with E-state index in [2.05, 4.69) is 10.2 Å². The Kier molecular flexibility index (Phi) is 3.89. The van der Waals surface area contributed by atoms with Crippen molar-refractivity contribution in [1.82, 2.24) is 5.32 Å². The predicted molar refractivity (Wildman–Crippen MR) is 70.4 cm³/mol. The molecule has 4 heteroatoms. The molecule has 0 radical (unpaired) electrons. The standard InChI is InChI=1S/C13H18ClFN2/c1-9-7-11(14)13(8-12(9)15)17(2)10-3-5-16-6-4-10/h7-8,10,16H,3-6H2,1-2H3. The van der Waals surface area contributed by atoms with E-state index < -0.39 is 0 Å². The normalized spacial score (nSPS) is 17.2. The minimum Gasteiger partial charge on any atom is -0.370 e. The Morgan fingerprint density at radius 1 is 1.35 bits per heavy atom. The summed E-state index contributed by atoms with van der Waals surface area (Å²) < 4.78 is 13.6. The topological polar surface area (TPSA) is 15.3 Å². The first-order chi connectivity index (χ1) is 8.09. The third-order valence-corrected chi connectivity index (χ3v) is 3.77. The molecule has 1 aromatic carbocycles. The van der Waals surface area contributed by atoms with Crippen LogP contribution in [0.4, 0.5) is 10.1 Å². The molecule has 2 nitrogen and oxygen atoms in total. The quantitative estimate of drug-likeness (QED) is 0.875. The van der Waals surface area contributed by atoms with Gasteiger partial charge in [0, 0.05) is 13.1 Å². The van der Waals surface area contributed by atoms with E-state index >= 15 is 0 Å². The van der Waals surface area contributed by atoms with Gasteiger partial charge in [-0.15, -0.1) is 0 Å². The number of nitrogens with one attached hydrogen (secondary N) is 1. The maximum atomic E-state index is 13.6. The highest BCUT2D eigenvalue weighted by Gasteiger charge is 2.20. The lowest BCUT2D eigenvalue weighted by molar-refractivity contribution is 0.443. The third-order valence-electron chi connectivity index (χ3n) is 3.46. The Hall–Kier alpha value is -0.800. The lowest BCUT2D eigenvalue weighted by Gasteiger charge is -2.34. The van der Waals surface area contributed by atoms with Crippen molar-refractivity contribution in [2.45, 2.75) is 25.8 Å². The van der Waals surface area contributed by atoms with Crippen LogP contribution >= 0.6 is 11.6 Å². The number of nitrogens with zero attached hydrogens (tertiary/aromatic N) is 1. The van der Waals surface area contributed by atoms with Crippen LogP contribution in [0.1, 0.15) is 18.4 Å². The Morgan fingerprint density at radius 2 is 2.00 bits per heavy atom. The molecule has 1 N–H and O–H groups in total. The van der Waals surface area contributed by atoms with Crippen LogP contribution in [0.15, 0.2) is 12.1 Å². The highest BCUT2D eigenvalue weighted by molar-refractivity contribution is 6.33. The summed E-state index contributed by atoms with van der Waals surface area (Å²) in [5.74, 6) is -0.190.